The smallest absolute Gasteiger partial charge is 0.264 e. The lowest BCUT2D eigenvalue weighted by atomic mass is 10.1. The van der Waals surface area contributed by atoms with Crippen LogP contribution in [-0.4, -0.2) is 50.4 Å². The molecule has 0 saturated heterocycles. The molecule has 1 fully saturated rings. The number of para-hydroxylation sites is 1. The van der Waals surface area contributed by atoms with Gasteiger partial charge in [0, 0.05) is 12.6 Å². The van der Waals surface area contributed by atoms with Crippen molar-refractivity contribution in [2.45, 2.75) is 70.0 Å². The molecule has 1 saturated carbocycles. The summed E-state index contributed by atoms with van der Waals surface area (Å²) in [6.45, 7) is 5.68. The summed E-state index contributed by atoms with van der Waals surface area (Å²) in [5.41, 5.74) is 2.23. The van der Waals surface area contributed by atoms with Gasteiger partial charge in [-0.1, -0.05) is 55.3 Å². The number of anilines is 1. The van der Waals surface area contributed by atoms with Crippen LogP contribution in [0.3, 0.4) is 0 Å². The topological polar surface area (TPSA) is 96.0 Å². The van der Waals surface area contributed by atoms with Crippen LogP contribution in [0, 0.1) is 6.92 Å². The molecule has 0 spiro atoms. The highest BCUT2D eigenvalue weighted by Gasteiger charge is 2.33. The van der Waals surface area contributed by atoms with Gasteiger partial charge < -0.3 is 15.0 Å². The molecule has 1 unspecified atom stereocenters. The second-order valence-electron chi connectivity index (χ2n) is 10.4. The molecule has 0 aliphatic heterocycles. The van der Waals surface area contributed by atoms with Crippen molar-refractivity contribution < 1.29 is 22.7 Å². The summed E-state index contributed by atoms with van der Waals surface area (Å²) in [5, 5.41) is 3.09. The standard InChI is InChI=1S/C32H39N3O5S/c1-4-40-29-18-20-30(21-19-29)41(38,39)35(28-16-6-5-7-17-28)23-31(36)34(22-26-13-9-8-12-24(26)2)25(3)32(37)33-27-14-10-11-15-27/h5-9,12-13,16-21,25,27H,4,10-11,14-15,22-23H2,1-3H3,(H,33,37). The number of carbonyl (C=O) groups excluding carboxylic acids is 2. The molecule has 1 atom stereocenters. The predicted octanol–water partition coefficient (Wildman–Crippen LogP) is 5.07. The van der Waals surface area contributed by atoms with Gasteiger partial charge in [-0.3, -0.25) is 13.9 Å². The number of ether oxygens (including phenoxy) is 1. The Kier molecular flexibility index (Phi) is 10.0. The molecule has 3 aromatic rings. The third-order valence-electron chi connectivity index (χ3n) is 7.52. The van der Waals surface area contributed by atoms with Crippen LogP contribution in [0.15, 0.2) is 83.8 Å². The van der Waals surface area contributed by atoms with Crippen LogP contribution in [0.4, 0.5) is 5.69 Å². The SMILES string of the molecule is CCOc1ccc(S(=O)(=O)N(CC(=O)N(Cc2ccccc2C)C(C)C(=O)NC2CCCC2)c2ccccc2)cc1. The molecule has 4 rings (SSSR count). The quantitative estimate of drug-likeness (QED) is 0.325. The van der Waals surface area contributed by atoms with Gasteiger partial charge in [0.1, 0.15) is 18.3 Å². The second kappa shape index (κ2) is 13.7. The Morgan fingerprint density at radius 1 is 0.951 bits per heavy atom. The van der Waals surface area contributed by atoms with Crippen LogP contribution in [0.25, 0.3) is 0 Å². The maximum absolute atomic E-state index is 14.1. The van der Waals surface area contributed by atoms with E-state index in [9.17, 15) is 18.0 Å². The van der Waals surface area contributed by atoms with Gasteiger partial charge >= 0.3 is 0 Å². The van der Waals surface area contributed by atoms with Crippen molar-refractivity contribution in [2.24, 2.45) is 0 Å². The molecule has 8 nitrogen and oxygen atoms in total. The molecule has 1 aliphatic carbocycles. The number of hydrogen-bond donors (Lipinski definition) is 1. The molecule has 0 radical (unpaired) electrons. The summed E-state index contributed by atoms with van der Waals surface area (Å²) in [5.74, 6) is -0.152. The van der Waals surface area contributed by atoms with E-state index in [2.05, 4.69) is 5.32 Å². The van der Waals surface area contributed by atoms with Crippen LogP contribution in [0.2, 0.25) is 0 Å². The number of hydrogen-bond acceptors (Lipinski definition) is 5. The molecule has 3 aromatic carbocycles. The second-order valence-corrected chi connectivity index (χ2v) is 12.2. The average Bonchev–Trinajstić information content (AvgIpc) is 3.49. The number of sulfonamides is 1. The van der Waals surface area contributed by atoms with E-state index in [0.717, 1.165) is 41.1 Å². The Balaban J connectivity index is 1.66. The van der Waals surface area contributed by atoms with Gasteiger partial charge in [0.2, 0.25) is 11.8 Å². The maximum atomic E-state index is 14.1. The van der Waals surface area contributed by atoms with Crippen molar-refractivity contribution in [3.05, 3.63) is 90.0 Å². The van der Waals surface area contributed by atoms with Gasteiger partial charge in [-0.2, -0.15) is 0 Å². The first-order valence-corrected chi connectivity index (χ1v) is 15.6. The van der Waals surface area contributed by atoms with Crippen LogP contribution >= 0.6 is 0 Å². The Morgan fingerprint density at radius 2 is 1.59 bits per heavy atom. The van der Waals surface area contributed by atoms with Crippen molar-refractivity contribution in [2.75, 3.05) is 17.5 Å². The molecular formula is C32H39N3O5S. The van der Waals surface area contributed by atoms with Crippen LogP contribution in [-0.2, 0) is 26.2 Å². The van der Waals surface area contributed by atoms with Crippen molar-refractivity contribution in [3.8, 4) is 5.75 Å². The molecule has 0 bridgehead atoms. The number of nitrogens with one attached hydrogen (secondary N) is 1. The van der Waals surface area contributed by atoms with Crippen molar-refractivity contribution in [1.29, 1.82) is 0 Å². The van der Waals surface area contributed by atoms with E-state index in [4.69, 9.17) is 4.74 Å². The minimum absolute atomic E-state index is 0.0371. The van der Waals surface area contributed by atoms with Crippen molar-refractivity contribution in [3.63, 3.8) is 0 Å². The molecule has 0 aromatic heterocycles. The summed E-state index contributed by atoms with van der Waals surface area (Å²) in [6, 6.07) is 21.7. The summed E-state index contributed by atoms with van der Waals surface area (Å²) in [6.07, 6.45) is 3.99. The van der Waals surface area contributed by atoms with E-state index < -0.39 is 28.5 Å². The Hall–Kier alpha value is -3.85. The first kappa shape index (κ1) is 30.1. The van der Waals surface area contributed by atoms with Crippen molar-refractivity contribution in [1.82, 2.24) is 10.2 Å². The lowest BCUT2D eigenvalue weighted by Crippen LogP contribution is -2.52. The monoisotopic (exact) mass is 577 g/mol. The lowest BCUT2D eigenvalue weighted by Gasteiger charge is -2.32. The molecule has 1 N–H and O–H groups in total. The molecule has 9 heteroatoms. The zero-order valence-electron chi connectivity index (χ0n) is 24.0. The normalized spacial score (nSPS) is 14.3. The minimum Gasteiger partial charge on any atom is -0.494 e. The third-order valence-corrected chi connectivity index (χ3v) is 9.30. The summed E-state index contributed by atoms with van der Waals surface area (Å²) < 4.78 is 34.5. The Bertz CT molecular complexity index is 1420. The Labute approximate surface area is 243 Å². The van der Waals surface area contributed by atoms with E-state index in [1.54, 1.807) is 49.4 Å². The fraction of sp³-hybridized carbons (Fsp3) is 0.375. The number of aryl methyl sites for hydroxylation is 1. The average molecular weight is 578 g/mol. The number of rotatable bonds is 12. The van der Waals surface area contributed by atoms with Crippen LogP contribution < -0.4 is 14.4 Å². The highest BCUT2D eigenvalue weighted by molar-refractivity contribution is 7.92. The first-order chi connectivity index (χ1) is 19.7. The molecule has 1 aliphatic rings. The fourth-order valence-electron chi connectivity index (χ4n) is 5.07. The number of amides is 2. The number of carbonyl (C=O) groups is 2. The van der Waals surface area contributed by atoms with Gasteiger partial charge in [-0.25, -0.2) is 8.42 Å². The largest absolute Gasteiger partial charge is 0.494 e. The molecule has 0 heterocycles. The number of benzene rings is 3. The zero-order valence-corrected chi connectivity index (χ0v) is 24.8. The van der Waals surface area contributed by atoms with Crippen LogP contribution in [0.1, 0.15) is 50.7 Å². The molecule has 41 heavy (non-hydrogen) atoms. The van der Waals surface area contributed by atoms with Crippen molar-refractivity contribution >= 4 is 27.5 Å². The number of nitrogens with zero attached hydrogens (tertiary/aromatic N) is 2. The van der Waals surface area contributed by atoms with Gasteiger partial charge in [0.05, 0.1) is 17.2 Å². The van der Waals surface area contributed by atoms with Gasteiger partial charge in [0.15, 0.2) is 0 Å². The maximum Gasteiger partial charge on any atom is 0.264 e. The van der Waals surface area contributed by atoms with Gasteiger partial charge in [-0.15, -0.1) is 0 Å². The molecular weight excluding hydrogens is 538 g/mol. The third kappa shape index (κ3) is 7.47. The molecule has 2 amide bonds. The lowest BCUT2D eigenvalue weighted by molar-refractivity contribution is -0.139. The van der Waals surface area contributed by atoms with Gasteiger partial charge in [0.25, 0.3) is 10.0 Å². The zero-order chi connectivity index (χ0) is 29.4. The van der Waals surface area contributed by atoms with Gasteiger partial charge in [-0.05, 0) is 81.1 Å². The predicted molar refractivity (Wildman–Crippen MR) is 160 cm³/mol. The summed E-state index contributed by atoms with van der Waals surface area (Å²) in [7, 11) is -4.13. The van der Waals surface area contributed by atoms with E-state index >= 15 is 0 Å². The minimum atomic E-state index is -4.13. The van der Waals surface area contributed by atoms with E-state index in [1.165, 1.54) is 17.0 Å². The first-order valence-electron chi connectivity index (χ1n) is 14.2. The fourth-order valence-corrected chi connectivity index (χ4v) is 6.48. The Morgan fingerprint density at radius 3 is 2.22 bits per heavy atom. The summed E-state index contributed by atoms with van der Waals surface area (Å²) in [4.78, 5) is 28.9. The highest BCUT2D eigenvalue weighted by Crippen LogP contribution is 2.26. The van der Waals surface area contributed by atoms with E-state index in [0.29, 0.717) is 18.0 Å². The van der Waals surface area contributed by atoms with E-state index in [-0.39, 0.29) is 23.4 Å². The summed E-state index contributed by atoms with van der Waals surface area (Å²) >= 11 is 0. The van der Waals surface area contributed by atoms with E-state index in [1.807, 2.05) is 38.1 Å². The highest BCUT2D eigenvalue weighted by atomic mass is 32.2. The molecule has 218 valence electrons. The van der Waals surface area contributed by atoms with Crippen LogP contribution in [0.5, 0.6) is 5.75 Å².